The van der Waals surface area contributed by atoms with Crippen molar-refractivity contribution in [3.05, 3.63) is 12.7 Å². The summed E-state index contributed by atoms with van der Waals surface area (Å²) in [5.74, 6) is 0. The number of rotatable bonds is 6. The standard InChI is InChI=1S/C11H22N2O/c1-5-7-8-12-11(14)13(9-6-2)10(3)4/h6,10H,2,5,7-9H2,1,3-4H3,(H,12,14). The zero-order valence-electron chi connectivity index (χ0n) is 9.55. The lowest BCUT2D eigenvalue weighted by molar-refractivity contribution is 0.190. The van der Waals surface area contributed by atoms with Crippen LogP contribution in [0.1, 0.15) is 33.6 Å². The molecule has 0 saturated carbocycles. The molecule has 0 aliphatic rings. The maximum absolute atomic E-state index is 11.6. The third kappa shape index (κ3) is 4.90. The normalized spacial score (nSPS) is 10.0. The first-order valence-corrected chi connectivity index (χ1v) is 5.28. The Morgan fingerprint density at radius 2 is 2.21 bits per heavy atom. The summed E-state index contributed by atoms with van der Waals surface area (Å²) in [5, 5.41) is 2.89. The van der Waals surface area contributed by atoms with Crippen LogP contribution in [-0.2, 0) is 0 Å². The van der Waals surface area contributed by atoms with Crippen molar-refractivity contribution in [3.8, 4) is 0 Å². The predicted molar refractivity (Wildman–Crippen MR) is 60.3 cm³/mol. The van der Waals surface area contributed by atoms with Gasteiger partial charge in [0.1, 0.15) is 0 Å². The summed E-state index contributed by atoms with van der Waals surface area (Å²) >= 11 is 0. The zero-order chi connectivity index (χ0) is 11.0. The first-order valence-electron chi connectivity index (χ1n) is 5.28. The molecule has 1 N–H and O–H groups in total. The highest BCUT2D eigenvalue weighted by Gasteiger charge is 2.13. The molecule has 3 heteroatoms. The monoisotopic (exact) mass is 198 g/mol. The molecule has 0 aromatic heterocycles. The van der Waals surface area contributed by atoms with E-state index in [9.17, 15) is 4.79 Å². The minimum Gasteiger partial charge on any atom is -0.338 e. The van der Waals surface area contributed by atoms with E-state index in [4.69, 9.17) is 0 Å². The maximum Gasteiger partial charge on any atom is 0.317 e. The molecule has 0 spiro atoms. The molecule has 0 aliphatic carbocycles. The molecule has 0 heterocycles. The highest BCUT2D eigenvalue weighted by molar-refractivity contribution is 5.74. The van der Waals surface area contributed by atoms with Crippen LogP contribution < -0.4 is 5.32 Å². The molecule has 0 rings (SSSR count). The van der Waals surface area contributed by atoms with Gasteiger partial charge in [-0.05, 0) is 20.3 Å². The topological polar surface area (TPSA) is 32.3 Å². The van der Waals surface area contributed by atoms with Gasteiger partial charge in [-0.25, -0.2) is 4.79 Å². The quantitative estimate of drug-likeness (QED) is 0.516. The fourth-order valence-electron chi connectivity index (χ4n) is 1.14. The third-order valence-electron chi connectivity index (χ3n) is 2.02. The number of hydrogen-bond donors (Lipinski definition) is 1. The van der Waals surface area contributed by atoms with Gasteiger partial charge in [0.2, 0.25) is 0 Å². The van der Waals surface area contributed by atoms with E-state index in [0.717, 1.165) is 19.4 Å². The van der Waals surface area contributed by atoms with Crippen LogP contribution in [0.5, 0.6) is 0 Å². The van der Waals surface area contributed by atoms with Crippen LogP contribution in [0.4, 0.5) is 4.79 Å². The van der Waals surface area contributed by atoms with Crippen molar-refractivity contribution in [2.24, 2.45) is 0 Å². The molecule has 82 valence electrons. The first-order chi connectivity index (χ1) is 6.63. The molecule has 0 aromatic carbocycles. The van der Waals surface area contributed by atoms with E-state index in [1.807, 2.05) is 13.8 Å². The minimum atomic E-state index is 0.00773. The number of nitrogens with zero attached hydrogens (tertiary/aromatic N) is 1. The molecule has 0 aliphatic heterocycles. The minimum absolute atomic E-state index is 0.00773. The first kappa shape index (κ1) is 13.0. The molecular formula is C11H22N2O. The predicted octanol–water partition coefficient (Wildman–Crippen LogP) is 2.39. The average Bonchev–Trinajstić information content (AvgIpc) is 2.13. The van der Waals surface area contributed by atoms with Gasteiger partial charge in [-0.1, -0.05) is 19.4 Å². The summed E-state index contributed by atoms with van der Waals surface area (Å²) < 4.78 is 0. The van der Waals surface area contributed by atoms with Crippen LogP contribution >= 0.6 is 0 Å². The fourth-order valence-corrected chi connectivity index (χ4v) is 1.14. The van der Waals surface area contributed by atoms with E-state index in [-0.39, 0.29) is 12.1 Å². The average molecular weight is 198 g/mol. The molecule has 0 bridgehead atoms. The van der Waals surface area contributed by atoms with Crippen molar-refractivity contribution in [2.45, 2.75) is 39.7 Å². The molecule has 0 atom stereocenters. The van der Waals surface area contributed by atoms with E-state index >= 15 is 0 Å². The maximum atomic E-state index is 11.6. The van der Waals surface area contributed by atoms with Gasteiger partial charge >= 0.3 is 6.03 Å². The number of amides is 2. The molecule has 0 saturated heterocycles. The molecule has 0 radical (unpaired) electrons. The van der Waals surface area contributed by atoms with Crippen molar-refractivity contribution in [2.75, 3.05) is 13.1 Å². The zero-order valence-corrected chi connectivity index (χ0v) is 9.55. The van der Waals surface area contributed by atoms with Crippen LogP contribution in [0.3, 0.4) is 0 Å². The lowest BCUT2D eigenvalue weighted by Gasteiger charge is -2.25. The van der Waals surface area contributed by atoms with Crippen molar-refractivity contribution < 1.29 is 4.79 Å². The summed E-state index contributed by atoms with van der Waals surface area (Å²) in [4.78, 5) is 13.4. The second-order valence-corrected chi connectivity index (χ2v) is 3.62. The van der Waals surface area contributed by atoms with Gasteiger partial charge in [-0.2, -0.15) is 0 Å². The number of hydrogen-bond acceptors (Lipinski definition) is 1. The third-order valence-corrected chi connectivity index (χ3v) is 2.02. The van der Waals surface area contributed by atoms with Crippen LogP contribution in [0, 0.1) is 0 Å². The van der Waals surface area contributed by atoms with Gasteiger partial charge in [0.15, 0.2) is 0 Å². The van der Waals surface area contributed by atoms with Crippen molar-refractivity contribution in [1.29, 1.82) is 0 Å². The lowest BCUT2D eigenvalue weighted by atomic mass is 10.3. The van der Waals surface area contributed by atoms with Crippen LogP contribution in [0.2, 0.25) is 0 Å². The van der Waals surface area contributed by atoms with Crippen LogP contribution in [-0.4, -0.2) is 30.1 Å². The van der Waals surface area contributed by atoms with E-state index in [1.54, 1.807) is 11.0 Å². The van der Waals surface area contributed by atoms with Crippen molar-refractivity contribution in [3.63, 3.8) is 0 Å². The van der Waals surface area contributed by atoms with Gasteiger partial charge in [0.25, 0.3) is 0 Å². The number of carbonyl (C=O) groups excluding carboxylic acids is 1. The Bertz CT molecular complexity index is 178. The lowest BCUT2D eigenvalue weighted by Crippen LogP contribution is -2.44. The highest BCUT2D eigenvalue weighted by Crippen LogP contribution is 1.98. The van der Waals surface area contributed by atoms with E-state index in [1.165, 1.54) is 0 Å². The number of unbranched alkanes of at least 4 members (excludes halogenated alkanes) is 1. The molecular weight excluding hydrogens is 176 g/mol. The second kappa shape index (κ2) is 7.42. The second-order valence-electron chi connectivity index (χ2n) is 3.62. The molecule has 0 unspecified atom stereocenters. The Kier molecular flexibility index (Phi) is 6.89. The summed E-state index contributed by atoms with van der Waals surface area (Å²) in [5.41, 5.74) is 0. The summed E-state index contributed by atoms with van der Waals surface area (Å²) in [7, 11) is 0. The Labute approximate surface area is 87.2 Å². The van der Waals surface area contributed by atoms with Crippen molar-refractivity contribution in [1.82, 2.24) is 10.2 Å². The Hall–Kier alpha value is -0.990. The van der Waals surface area contributed by atoms with Gasteiger partial charge < -0.3 is 10.2 Å². The fraction of sp³-hybridized carbons (Fsp3) is 0.727. The van der Waals surface area contributed by atoms with Gasteiger partial charge in [-0.15, -0.1) is 6.58 Å². The molecule has 3 nitrogen and oxygen atoms in total. The summed E-state index contributed by atoms with van der Waals surface area (Å²) in [6.07, 6.45) is 3.88. The van der Waals surface area contributed by atoms with Gasteiger partial charge in [0, 0.05) is 19.1 Å². The SMILES string of the molecule is C=CCN(C(=O)NCCCC)C(C)C. The number of urea groups is 1. The van der Waals surface area contributed by atoms with E-state index < -0.39 is 0 Å². The van der Waals surface area contributed by atoms with E-state index in [0.29, 0.717) is 6.54 Å². The summed E-state index contributed by atoms with van der Waals surface area (Å²) in [6.45, 7) is 11.1. The largest absolute Gasteiger partial charge is 0.338 e. The summed E-state index contributed by atoms with van der Waals surface area (Å²) in [6, 6.07) is 0.225. The Morgan fingerprint density at radius 3 is 2.64 bits per heavy atom. The number of carbonyl (C=O) groups is 1. The Balaban J connectivity index is 3.95. The van der Waals surface area contributed by atoms with Crippen LogP contribution in [0.15, 0.2) is 12.7 Å². The van der Waals surface area contributed by atoms with E-state index in [2.05, 4.69) is 18.8 Å². The molecule has 14 heavy (non-hydrogen) atoms. The smallest absolute Gasteiger partial charge is 0.317 e. The van der Waals surface area contributed by atoms with Crippen LogP contribution in [0.25, 0.3) is 0 Å². The molecule has 0 fully saturated rings. The highest BCUT2D eigenvalue weighted by atomic mass is 16.2. The van der Waals surface area contributed by atoms with Crippen molar-refractivity contribution >= 4 is 6.03 Å². The number of nitrogens with one attached hydrogen (secondary N) is 1. The van der Waals surface area contributed by atoms with Gasteiger partial charge in [0.05, 0.1) is 0 Å². The Morgan fingerprint density at radius 1 is 1.57 bits per heavy atom. The molecule has 2 amide bonds. The van der Waals surface area contributed by atoms with Gasteiger partial charge in [-0.3, -0.25) is 0 Å². The molecule has 0 aromatic rings.